The number of ether oxygens (including phenoxy) is 1. The molecule has 2 unspecified atom stereocenters. The molecule has 4 heteroatoms. The van der Waals surface area contributed by atoms with Crippen molar-refractivity contribution in [2.45, 2.75) is 39.2 Å². The number of hydrogen-bond acceptors (Lipinski definition) is 3. The van der Waals surface area contributed by atoms with Crippen LogP contribution in [0.25, 0.3) is 0 Å². The average Bonchev–Trinajstić information content (AvgIpc) is 2.17. The Labute approximate surface area is 92.0 Å². The molecule has 4 nitrogen and oxygen atoms in total. The Morgan fingerprint density at radius 1 is 1.40 bits per heavy atom. The van der Waals surface area contributed by atoms with Crippen LogP contribution in [-0.2, 0) is 9.53 Å². The molecule has 0 aliphatic heterocycles. The molecule has 90 valence electrons. The van der Waals surface area contributed by atoms with Crippen LogP contribution in [-0.4, -0.2) is 37.4 Å². The molecule has 0 aromatic rings. The van der Waals surface area contributed by atoms with Gasteiger partial charge in [0.2, 0.25) is 5.91 Å². The highest BCUT2D eigenvalue weighted by molar-refractivity contribution is 5.78. The first-order valence-corrected chi connectivity index (χ1v) is 5.52. The van der Waals surface area contributed by atoms with E-state index >= 15 is 0 Å². The van der Waals surface area contributed by atoms with E-state index in [1.165, 1.54) is 0 Å². The molecular formula is C11H23NO3. The summed E-state index contributed by atoms with van der Waals surface area (Å²) in [5.74, 6) is 0.0842. The van der Waals surface area contributed by atoms with Crippen molar-refractivity contribution in [3.63, 3.8) is 0 Å². The van der Waals surface area contributed by atoms with Crippen molar-refractivity contribution in [2.24, 2.45) is 5.92 Å². The van der Waals surface area contributed by atoms with Crippen LogP contribution in [0.1, 0.15) is 33.1 Å². The maximum absolute atomic E-state index is 11.5. The minimum atomic E-state index is -0.353. The summed E-state index contributed by atoms with van der Waals surface area (Å²) in [5.41, 5.74) is 0. The van der Waals surface area contributed by atoms with Gasteiger partial charge >= 0.3 is 0 Å². The molecule has 2 N–H and O–H groups in total. The molecule has 0 aliphatic carbocycles. The zero-order chi connectivity index (χ0) is 11.7. The molecule has 1 amide bonds. The van der Waals surface area contributed by atoms with E-state index in [-0.39, 0.29) is 17.9 Å². The third-order valence-electron chi connectivity index (χ3n) is 2.29. The predicted octanol–water partition coefficient (Wildman–Crippen LogP) is 0.936. The van der Waals surface area contributed by atoms with E-state index in [1.807, 2.05) is 6.92 Å². The summed E-state index contributed by atoms with van der Waals surface area (Å²) in [6, 6.07) is 0. The van der Waals surface area contributed by atoms with Crippen molar-refractivity contribution in [1.82, 2.24) is 5.32 Å². The normalized spacial score (nSPS) is 14.7. The molecule has 0 radical (unpaired) electrons. The number of hydrogen-bond donors (Lipinski definition) is 2. The van der Waals surface area contributed by atoms with Crippen LogP contribution in [0.15, 0.2) is 0 Å². The minimum absolute atomic E-state index is 0.0224. The van der Waals surface area contributed by atoms with E-state index in [2.05, 4.69) is 5.32 Å². The van der Waals surface area contributed by atoms with Gasteiger partial charge in [-0.05, 0) is 26.2 Å². The topological polar surface area (TPSA) is 58.6 Å². The molecule has 0 bridgehead atoms. The molecule has 0 rings (SSSR count). The molecule has 0 saturated carbocycles. The van der Waals surface area contributed by atoms with Gasteiger partial charge in [0.25, 0.3) is 0 Å². The zero-order valence-electron chi connectivity index (χ0n) is 9.95. The van der Waals surface area contributed by atoms with E-state index in [1.54, 1.807) is 14.0 Å². The highest BCUT2D eigenvalue weighted by atomic mass is 16.5. The van der Waals surface area contributed by atoms with Gasteiger partial charge in [-0.1, -0.05) is 6.92 Å². The van der Waals surface area contributed by atoms with Crippen LogP contribution in [0, 0.1) is 5.92 Å². The highest BCUT2D eigenvalue weighted by Crippen LogP contribution is 2.05. The van der Waals surface area contributed by atoms with Gasteiger partial charge in [0.1, 0.15) is 0 Å². The number of carbonyl (C=O) groups excluding carboxylic acids is 1. The van der Waals surface area contributed by atoms with Crippen LogP contribution < -0.4 is 5.32 Å². The Kier molecular flexibility index (Phi) is 8.33. The third kappa shape index (κ3) is 8.39. The summed E-state index contributed by atoms with van der Waals surface area (Å²) in [6.45, 7) is 4.87. The van der Waals surface area contributed by atoms with Crippen molar-refractivity contribution in [1.29, 1.82) is 0 Å². The number of aliphatic hydroxyl groups excluding tert-OH is 1. The Morgan fingerprint density at radius 3 is 2.60 bits per heavy atom. The number of aliphatic hydroxyl groups is 1. The lowest BCUT2D eigenvalue weighted by atomic mass is 10.1. The molecular weight excluding hydrogens is 194 g/mol. The third-order valence-corrected chi connectivity index (χ3v) is 2.29. The summed E-state index contributed by atoms with van der Waals surface area (Å²) >= 11 is 0. The minimum Gasteiger partial charge on any atom is -0.393 e. The van der Waals surface area contributed by atoms with Gasteiger partial charge in [0.05, 0.1) is 6.10 Å². The first-order chi connectivity index (χ1) is 7.07. The van der Waals surface area contributed by atoms with Crippen molar-refractivity contribution in [3.05, 3.63) is 0 Å². The summed E-state index contributed by atoms with van der Waals surface area (Å²) < 4.78 is 4.92. The Bertz CT molecular complexity index is 171. The zero-order valence-corrected chi connectivity index (χ0v) is 9.95. The second-order valence-electron chi connectivity index (χ2n) is 3.96. The van der Waals surface area contributed by atoms with E-state index in [9.17, 15) is 4.79 Å². The van der Waals surface area contributed by atoms with Crippen LogP contribution in [0.4, 0.5) is 0 Å². The van der Waals surface area contributed by atoms with Crippen molar-refractivity contribution in [3.8, 4) is 0 Å². The fourth-order valence-electron chi connectivity index (χ4n) is 1.24. The van der Waals surface area contributed by atoms with Gasteiger partial charge in [-0.25, -0.2) is 0 Å². The molecule has 15 heavy (non-hydrogen) atoms. The van der Waals surface area contributed by atoms with Crippen LogP contribution in [0.5, 0.6) is 0 Å². The summed E-state index contributed by atoms with van der Waals surface area (Å²) in [6.07, 6.45) is 2.00. The standard InChI is InChI=1S/C11H23NO3/c1-9(5-4-8-15-3)11(14)12-7-6-10(2)13/h9-10,13H,4-8H2,1-3H3,(H,12,14). The van der Waals surface area contributed by atoms with E-state index in [4.69, 9.17) is 9.84 Å². The quantitative estimate of drug-likeness (QED) is 0.595. The highest BCUT2D eigenvalue weighted by Gasteiger charge is 2.11. The van der Waals surface area contributed by atoms with Gasteiger partial charge in [0.15, 0.2) is 0 Å². The van der Waals surface area contributed by atoms with Gasteiger partial charge < -0.3 is 15.2 Å². The Balaban J connectivity index is 3.51. The second kappa shape index (κ2) is 8.68. The number of rotatable bonds is 8. The van der Waals surface area contributed by atoms with Crippen molar-refractivity contribution in [2.75, 3.05) is 20.3 Å². The fourth-order valence-corrected chi connectivity index (χ4v) is 1.24. The van der Waals surface area contributed by atoms with Gasteiger partial charge in [-0.15, -0.1) is 0 Å². The molecule has 0 aliphatic rings. The molecule has 0 spiro atoms. The smallest absolute Gasteiger partial charge is 0.222 e. The van der Waals surface area contributed by atoms with Crippen molar-refractivity contribution >= 4 is 5.91 Å². The number of methoxy groups -OCH3 is 1. The lowest BCUT2D eigenvalue weighted by molar-refractivity contribution is -0.124. The molecule has 0 aromatic heterocycles. The van der Waals surface area contributed by atoms with Crippen LogP contribution in [0.2, 0.25) is 0 Å². The number of amides is 1. The predicted molar refractivity (Wildman–Crippen MR) is 59.6 cm³/mol. The lowest BCUT2D eigenvalue weighted by Gasteiger charge is -2.12. The van der Waals surface area contributed by atoms with Crippen LogP contribution in [0.3, 0.4) is 0 Å². The van der Waals surface area contributed by atoms with Crippen molar-refractivity contribution < 1.29 is 14.6 Å². The average molecular weight is 217 g/mol. The molecule has 0 heterocycles. The SMILES string of the molecule is COCCCC(C)C(=O)NCCC(C)O. The Hall–Kier alpha value is -0.610. The monoisotopic (exact) mass is 217 g/mol. The summed E-state index contributed by atoms with van der Waals surface area (Å²) in [5, 5.41) is 11.8. The maximum atomic E-state index is 11.5. The molecule has 2 atom stereocenters. The first kappa shape index (κ1) is 14.4. The Morgan fingerprint density at radius 2 is 2.07 bits per heavy atom. The van der Waals surface area contributed by atoms with E-state index < -0.39 is 0 Å². The number of nitrogens with one attached hydrogen (secondary N) is 1. The molecule has 0 saturated heterocycles. The number of carbonyl (C=O) groups is 1. The first-order valence-electron chi connectivity index (χ1n) is 5.52. The maximum Gasteiger partial charge on any atom is 0.222 e. The van der Waals surface area contributed by atoms with E-state index in [0.29, 0.717) is 19.6 Å². The largest absolute Gasteiger partial charge is 0.393 e. The molecule has 0 fully saturated rings. The summed E-state index contributed by atoms with van der Waals surface area (Å²) in [4.78, 5) is 11.5. The van der Waals surface area contributed by atoms with Crippen LogP contribution >= 0.6 is 0 Å². The molecule has 0 aromatic carbocycles. The summed E-state index contributed by atoms with van der Waals surface area (Å²) in [7, 11) is 1.66. The second-order valence-corrected chi connectivity index (χ2v) is 3.96. The van der Waals surface area contributed by atoms with E-state index in [0.717, 1.165) is 12.8 Å². The van der Waals surface area contributed by atoms with Gasteiger partial charge in [-0.3, -0.25) is 4.79 Å². The fraction of sp³-hybridized carbons (Fsp3) is 0.909. The van der Waals surface area contributed by atoms with Gasteiger partial charge in [-0.2, -0.15) is 0 Å². The lowest BCUT2D eigenvalue weighted by Crippen LogP contribution is -2.31. The van der Waals surface area contributed by atoms with Gasteiger partial charge in [0, 0.05) is 26.2 Å².